The summed E-state index contributed by atoms with van der Waals surface area (Å²) in [6.45, 7) is 6.41. The van der Waals surface area contributed by atoms with Gasteiger partial charge in [0.25, 0.3) is 0 Å². The van der Waals surface area contributed by atoms with Crippen LogP contribution >= 0.6 is 0 Å². The summed E-state index contributed by atoms with van der Waals surface area (Å²) in [5.41, 5.74) is 4.43. The van der Waals surface area contributed by atoms with Crippen molar-refractivity contribution < 1.29 is 14.3 Å². The number of rotatable bonds is 3. The molecule has 144 valence electrons. The molecule has 0 bridgehead atoms. The van der Waals surface area contributed by atoms with Crippen LogP contribution in [-0.2, 0) is 9.47 Å². The standard InChI is InChI=1S/C26H22O3/c1-17-13-14-21-22(15-17)24-26(29-25(21)27,18(2)19-9-5-3-6-10-19)16-23(28-24)20-11-7-4-8-12-20/h3-15,23-24H,2,16H2,1H3. The first kappa shape index (κ1) is 17.9. The maximum atomic E-state index is 13.0. The van der Waals surface area contributed by atoms with E-state index in [1.807, 2.05) is 73.7 Å². The molecule has 2 heterocycles. The van der Waals surface area contributed by atoms with Gasteiger partial charge in [0.15, 0.2) is 5.60 Å². The Bertz CT molecular complexity index is 1090. The first-order valence-corrected chi connectivity index (χ1v) is 9.87. The molecule has 0 radical (unpaired) electrons. The van der Waals surface area contributed by atoms with E-state index in [-0.39, 0.29) is 12.1 Å². The minimum Gasteiger partial charge on any atom is -0.447 e. The molecule has 1 fully saturated rings. The van der Waals surface area contributed by atoms with Crippen molar-refractivity contribution in [1.82, 2.24) is 0 Å². The number of benzene rings is 3. The molecule has 29 heavy (non-hydrogen) atoms. The van der Waals surface area contributed by atoms with E-state index in [2.05, 4.69) is 18.7 Å². The van der Waals surface area contributed by atoms with Gasteiger partial charge in [-0.3, -0.25) is 0 Å². The lowest BCUT2D eigenvalue weighted by Crippen LogP contribution is -2.43. The Labute approximate surface area is 170 Å². The molecule has 2 aliphatic rings. The van der Waals surface area contributed by atoms with E-state index < -0.39 is 11.7 Å². The van der Waals surface area contributed by atoms with Gasteiger partial charge < -0.3 is 9.47 Å². The Morgan fingerprint density at radius 1 is 1.00 bits per heavy atom. The normalized spacial score (nSPS) is 25.1. The molecule has 3 nitrogen and oxygen atoms in total. The van der Waals surface area contributed by atoms with Gasteiger partial charge >= 0.3 is 5.97 Å². The van der Waals surface area contributed by atoms with Crippen molar-refractivity contribution in [3.63, 3.8) is 0 Å². The summed E-state index contributed by atoms with van der Waals surface area (Å²) in [4.78, 5) is 13.0. The van der Waals surface area contributed by atoms with Crippen molar-refractivity contribution in [2.75, 3.05) is 0 Å². The van der Waals surface area contributed by atoms with Crippen LogP contribution < -0.4 is 0 Å². The van der Waals surface area contributed by atoms with Gasteiger partial charge in [-0.05, 0) is 35.3 Å². The van der Waals surface area contributed by atoms with Crippen molar-refractivity contribution in [3.8, 4) is 0 Å². The average Bonchev–Trinajstić information content (AvgIpc) is 3.15. The van der Waals surface area contributed by atoms with E-state index in [1.54, 1.807) is 0 Å². The van der Waals surface area contributed by atoms with Gasteiger partial charge in [-0.15, -0.1) is 0 Å². The number of hydrogen-bond acceptors (Lipinski definition) is 3. The topological polar surface area (TPSA) is 35.5 Å². The van der Waals surface area contributed by atoms with Gasteiger partial charge in [0.2, 0.25) is 0 Å². The second kappa shape index (κ2) is 6.71. The van der Waals surface area contributed by atoms with Crippen LogP contribution in [-0.4, -0.2) is 11.6 Å². The Hall–Kier alpha value is -3.17. The Morgan fingerprint density at radius 3 is 2.41 bits per heavy atom. The molecule has 3 aromatic rings. The van der Waals surface area contributed by atoms with Crippen LogP contribution in [0.25, 0.3) is 5.57 Å². The molecule has 3 aromatic carbocycles. The quantitative estimate of drug-likeness (QED) is 0.536. The highest BCUT2D eigenvalue weighted by molar-refractivity contribution is 5.95. The van der Waals surface area contributed by atoms with Crippen LogP contribution in [0, 0.1) is 6.92 Å². The van der Waals surface area contributed by atoms with Crippen molar-refractivity contribution in [3.05, 3.63) is 113 Å². The van der Waals surface area contributed by atoms with E-state index in [1.165, 1.54) is 0 Å². The monoisotopic (exact) mass is 382 g/mol. The van der Waals surface area contributed by atoms with Gasteiger partial charge in [0.1, 0.15) is 6.10 Å². The summed E-state index contributed by atoms with van der Waals surface area (Å²) in [6.07, 6.45) is -0.0388. The van der Waals surface area contributed by atoms with Gasteiger partial charge in [-0.2, -0.15) is 0 Å². The number of esters is 1. The molecule has 0 aromatic heterocycles. The zero-order valence-electron chi connectivity index (χ0n) is 16.3. The van der Waals surface area contributed by atoms with Gasteiger partial charge in [-0.1, -0.05) is 84.9 Å². The Kier molecular flexibility index (Phi) is 4.14. The summed E-state index contributed by atoms with van der Waals surface area (Å²) < 4.78 is 12.8. The molecule has 2 aliphatic heterocycles. The number of carbonyl (C=O) groups is 1. The first-order valence-electron chi connectivity index (χ1n) is 9.87. The van der Waals surface area contributed by atoms with E-state index in [0.29, 0.717) is 12.0 Å². The predicted molar refractivity (Wildman–Crippen MR) is 112 cm³/mol. The minimum absolute atomic E-state index is 0.180. The molecule has 0 amide bonds. The fourth-order valence-corrected chi connectivity index (χ4v) is 4.52. The van der Waals surface area contributed by atoms with Crippen LogP contribution in [0.1, 0.15) is 51.2 Å². The highest BCUT2D eigenvalue weighted by Gasteiger charge is 2.58. The largest absolute Gasteiger partial charge is 0.447 e. The predicted octanol–water partition coefficient (Wildman–Crippen LogP) is 5.82. The van der Waals surface area contributed by atoms with E-state index >= 15 is 0 Å². The molecule has 1 saturated heterocycles. The lowest BCUT2D eigenvalue weighted by atomic mass is 9.76. The fourth-order valence-electron chi connectivity index (χ4n) is 4.52. The smallest absolute Gasteiger partial charge is 0.339 e. The van der Waals surface area contributed by atoms with Crippen LogP contribution in [0.2, 0.25) is 0 Å². The Morgan fingerprint density at radius 2 is 1.69 bits per heavy atom. The molecule has 3 heteroatoms. The molecular weight excluding hydrogens is 360 g/mol. The maximum absolute atomic E-state index is 13.0. The molecular formula is C26H22O3. The van der Waals surface area contributed by atoms with Crippen molar-refractivity contribution in [1.29, 1.82) is 0 Å². The maximum Gasteiger partial charge on any atom is 0.339 e. The molecule has 3 atom stereocenters. The number of hydrogen-bond donors (Lipinski definition) is 0. The molecule has 0 spiro atoms. The zero-order chi connectivity index (χ0) is 20.0. The van der Waals surface area contributed by atoms with Crippen LogP contribution in [0.5, 0.6) is 0 Å². The van der Waals surface area contributed by atoms with Gasteiger partial charge in [0.05, 0.1) is 11.7 Å². The van der Waals surface area contributed by atoms with Crippen LogP contribution in [0.3, 0.4) is 0 Å². The molecule has 5 rings (SSSR count). The molecule has 0 saturated carbocycles. The fraction of sp³-hybridized carbons (Fsp3) is 0.192. The lowest BCUT2D eigenvalue weighted by molar-refractivity contribution is -0.0492. The third-order valence-corrected chi connectivity index (χ3v) is 6.00. The Balaban J connectivity index is 1.67. The lowest BCUT2D eigenvalue weighted by Gasteiger charge is -2.40. The highest BCUT2D eigenvalue weighted by atomic mass is 16.6. The second-order valence-electron chi connectivity index (χ2n) is 7.83. The molecule has 3 unspecified atom stereocenters. The summed E-state index contributed by atoms with van der Waals surface area (Å²) in [6, 6.07) is 25.8. The number of carbonyl (C=O) groups excluding carboxylic acids is 1. The number of aryl methyl sites for hydroxylation is 1. The third kappa shape index (κ3) is 2.81. The zero-order valence-corrected chi connectivity index (χ0v) is 16.3. The summed E-state index contributed by atoms with van der Waals surface area (Å²) in [5.74, 6) is -0.314. The molecule has 0 N–H and O–H groups in total. The third-order valence-electron chi connectivity index (χ3n) is 6.00. The molecule has 0 aliphatic carbocycles. The van der Waals surface area contributed by atoms with E-state index in [4.69, 9.17) is 9.47 Å². The van der Waals surface area contributed by atoms with Crippen molar-refractivity contribution in [2.24, 2.45) is 0 Å². The minimum atomic E-state index is -0.931. The summed E-state index contributed by atoms with van der Waals surface area (Å²) in [5, 5.41) is 0. The van der Waals surface area contributed by atoms with Crippen LogP contribution in [0.15, 0.2) is 85.4 Å². The van der Waals surface area contributed by atoms with Crippen molar-refractivity contribution in [2.45, 2.75) is 31.2 Å². The van der Waals surface area contributed by atoms with Crippen molar-refractivity contribution >= 4 is 11.5 Å². The number of fused-ring (bicyclic) bond motifs is 3. The summed E-state index contributed by atoms with van der Waals surface area (Å²) >= 11 is 0. The van der Waals surface area contributed by atoms with Gasteiger partial charge in [0, 0.05) is 6.42 Å². The number of ether oxygens (including phenoxy) is 2. The highest BCUT2D eigenvalue weighted by Crippen LogP contribution is 2.57. The second-order valence-corrected chi connectivity index (χ2v) is 7.83. The van der Waals surface area contributed by atoms with E-state index in [9.17, 15) is 4.79 Å². The first-order chi connectivity index (χ1) is 14.1. The van der Waals surface area contributed by atoms with Crippen LogP contribution in [0.4, 0.5) is 0 Å². The van der Waals surface area contributed by atoms with E-state index in [0.717, 1.165) is 27.8 Å². The SMILES string of the molecule is C=C(c1ccccc1)C12CC(c3ccccc3)OC1c1cc(C)ccc1C(=O)O2. The summed E-state index contributed by atoms with van der Waals surface area (Å²) in [7, 11) is 0. The average molecular weight is 382 g/mol. The van der Waals surface area contributed by atoms with Gasteiger partial charge in [-0.25, -0.2) is 4.79 Å².